The Kier molecular flexibility index (Phi) is 11.3. The highest BCUT2D eigenvalue weighted by Crippen LogP contribution is 2.19. The molecule has 4 N–H and O–H groups in total. The van der Waals surface area contributed by atoms with E-state index in [1.165, 1.54) is 7.11 Å². The molecule has 2 amide bonds. The summed E-state index contributed by atoms with van der Waals surface area (Å²) >= 11 is 0. The van der Waals surface area contributed by atoms with E-state index in [1.54, 1.807) is 18.2 Å². The van der Waals surface area contributed by atoms with Crippen LogP contribution in [0.3, 0.4) is 0 Å². The van der Waals surface area contributed by atoms with E-state index in [2.05, 4.69) is 17.2 Å². The average Bonchev–Trinajstić information content (AvgIpc) is 2.83. The number of aliphatic hydroxyl groups is 2. The summed E-state index contributed by atoms with van der Waals surface area (Å²) in [7, 11) is 1.49. The van der Waals surface area contributed by atoms with Crippen molar-refractivity contribution >= 4 is 11.8 Å². The number of amides is 2. The van der Waals surface area contributed by atoms with Crippen molar-refractivity contribution in [3.8, 4) is 0 Å². The molecule has 178 valence electrons. The second kappa shape index (κ2) is 14.2. The number of nitrogens with one attached hydrogen (secondary N) is 2. The van der Waals surface area contributed by atoms with E-state index in [0.29, 0.717) is 18.4 Å². The Labute approximate surface area is 195 Å². The fraction of sp³-hybridized carbons (Fsp3) is 0.385. The topological polar surface area (TPSA) is 108 Å². The minimum Gasteiger partial charge on any atom is -0.394 e. The maximum atomic E-state index is 13.0. The van der Waals surface area contributed by atoms with Gasteiger partial charge in [0.05, 0.1) is 31.2 Å². The Balaban J connectivity index is 2.00. The van der Waals surface area contributed by atoms with Gasteiger partial charge in [-0.2, -0.15) is 0 Å². The van der Waals surface area contributed by atoms with Gasteiger partial charge in [-0.15, -0.1) is 6.58 Å². The van der Waals surface area contributed by atoms with Crippen molar-refractivity contribution in [2.24, 2.45) is 5.92 Å². The minimum atomic E-state index is -0.960. The second-order valence-corrected chi connectivity index (χ2v) is 7.99. The van der Waals surface area contributed by atoms with E-state index in [-0.39, 0.29) is 31.4 Å². The molecule has 0 fully saturated rings. The van der Waals surface area contributed by atoms with E-state index in [9.17, 15) is 19.8 Å². The van der Waals surface area contributed by atoms with Gasteiger partial charge in [0, 0.05) is 13.5 Å². The summed E-state index contributed by atoms with van der Waals surface area (Å²) in [6.45, 7) is 3.59. The van der Waals surface area contributed by atoms with E-state index in [4.69, 9.17) is 4.74 Å². The van der Waals surface area contributed by atoms with Crippen LogP contribution < -0.4 is 10.6 Å². The molecule has 0 bridgehead atoms. The van der Waals surface area contributed by atoms with Gasteiger partial charge < -0.3 is 25.6 Å². The van der Waals surface area contributed by atoms with Crippen LogP contribution in [0.15, 0.2) is 73.3 Å². The number of hydrogen-bond donors (Lipinski definition) is 4. The number of hydrogen-bond acceptors (Lipinski definition) is 5. The summed E-state index contributed by atoms with van der Waals surface area (Å²) in [5.74, 6) is -1.37. The summed E-state index contributed by atoms with van der Waals surface area (Å²) in [6, 6.07) is 17.4. The zero-order chi connectivity index (χ0) is 24.1. The highest BCUT2D eigenvalue weighted by Gasteiger charge is 2.28. The van der Waals surface area contributed by atoms with Gasteiger partial charge in [0.25, 0.3) is 0 Å². The van der Waals surface area contributed by atoms with Gasteiger partial charge in [0.1, 0.15) is 6.10 Å². The van der Waals surface area contributed by atoms with Gasteiger partial charge in [0.15, 0.2) is 0 Å². The maximum absolute atomic E-state index is 13.0. The standard InChI is InChI=1S/C26H34N2O5/c1-3-10-21(16-24(30)27-22(17-29)15-19-11-6-4-7-12-19)26(32)28-23(18-33-2)25(31)20-13-8-5-9-14-20/h3-9,11-14,21-23,25,29,31H,1,10,15-18H2,2H3,(H,27,30)(H,28,32). The molecule has 7 heteroatoms. The Hall–Kier alpha value is -3.00. The molecule has 0 aliphatic heterocycles. The zero-order valence-corrected chi connectivity index (χ0v) is 19.0. The van der Waals surface area contributed by atoms with Crippen molar-refractivity contribution in [3.05, 3.63) is 84.4 Å². The molecule has 0 spiro atoms. The van der Waals surface area contributed by atoms with Gasteiger partial charge >= 0.3 is 0 Å². The molecule has 0 aliphatic carbocycles. The lowest BCUT2D eigenvalue weighted by atomic mass is 9.97. The third-order valence-electron chi connectivity index (χ3n) is 5.36. The molecule has 0 heterocycles. The molecule has 4 atom stereocenters. The van der Waals surface area contributed by atoms with E-state index < -0.39 is 24.1 Å². The van der Waals surface area contributed by atoms with Crippen molar-refractivity contribution < 1.29 is 24.5 Å². The average molecular weight is 455 g/mol. The molecule has 33 heavy (non-hydrogen) atoms. The van der Waals surface area contributed by atoms with Crippen LogP contribution in [-0.2, 0) is 20.7 Å². The lowest BCUT2D eigenvalue weighted by molar-refractivity contribution is -0.132. The van der Waals surface area contributed by atoms with Crippen molar-refractivity contribution in [1.82, 2.24) is 10.6 Å². The zero-order valence-electron chi connectivity index (χ0n) is 19.0. The van der Waals surface area contributed by atoms with Crippen LogP contribution in [0.5, 0.6) is 0 Å². The largest absolute Gasteiger partial charge is 0.394 e. The van der Waals surface area contributed by atoms with Crippen LogP contribution in [0, 0.1) is 5.92 Å². The number of allylic oxidation sites excluding steroid dienone is 1. The molecule has 0 aromatic heterocycles. The first kappa shape index (κ1) is 26.3. The van der Waals surface area contributed by atoms with Gasteiger partial charge in [-0.1, -0.05) is 66.7 Å². The van der Waals surface area contributed by atoms with Crippen molar-refractivity contribution in [1.29, 1.82) is 0 Å². The highest BCUT2D eigenvalue weighted by atomic mass is 16.5. The highest BCUT2D eigenvalue weighted by molar-refractivity contribution is 5.86. The summed E-state index contributed by atoms with van der Waals surface area (Å²) in [4.78, 5) is 25.6. The third kappa shape index (κ3) is 8.81. The van der Waals surface area contributed by atoms with Crippen LogP contribution in [0.4, 0.5) is 0 Å². The second-order valence-electron chi connectivity index (χ2n) is 7.99. The summed E-state index contributed by atoms with van der Waals surface area (Å²) in [5, 5.41) is 26.0. The SMILES string of the molecule is C=CCC(CC(=O)NC(CO)Cc1ccccc1)C(=O)NC(COC)C(O)c1ccccc1. The number of aliphatic hydroxyl groups excluding tert-OH is 2. The number of ether oxygens (including phenoxy) is 1. The van der Waals surface area contributed by atoms with Gasteiger partial charge in [0.2, 0.25) is 11.8 Å². The number of methoxy groups -OCH3 is 1. The van der Waals surface area contributed by atoms with Crippen LogP contribution in [-0.4, -0.2) is 54.4 Å². The molecule has 2 aromatic rings. The molecule has 4 unspecified atom stereocenters. The number of carbonyl (C=O) groups is 2. The van der Waals surface area contributed by atoms with Crippen molar-refractivity contribution in [2.75, 3.05) is 20.3 Å². The number of carbonyl (C=O) groups excluding carboxylic acids is 2. The van der Waals surface area contributed by atoms with E-state index >= 15 is 0 Å². The first-order valence-corrected chi connectivity index (χ1v) is 11.1. The van der Waals surface area contributed by atoms with Crippen molar-refractivity contribution in [2.45, 2.75) is 37.5 Å². The van der Waals surface area contributed by atoms with Crippen LogP contribution in [0.1, 0.15) is 30.1 Å². The molecular formula is C26H34N2O5. The van der Waals surface area contributed by atoms with E-state index in [0.717, 1.165) is 5.56 Å². The minimum absolute atomic E-state index is 0.0652. The summed E-state index contributed by atoms with van der Waals surface area (Å²) in [5.41, 5.74) is 1.65. The Morgan fingerprint density at radius 1 is 1.06 bits per heavy atom. The van der Waals surface area contributed by atoms with Crippen LogP contribution in [0.25, 0.3) is 0 Å². The summed E-state index contributed by atoms with van der Waals surface area (Å²) in [6.07, 6.45) is 1.34. The Morgan fingerprint density at radius 3 is 2.27 bits per heavy atom. The van der Waals surface area contributed by atoms with Crippen LogP contribution in [0.2, 0.25) is 0 Å². The molecule has 0 saturated carbocycles. The molecule has 0 aliphatic rings. The lowest BCUT2D eigenvalue weighted by Crippen LogP contribution is -2.46. The number of rotatable bonds is 14. The number of benzene rings is 2. The molecular weight excluding hydrogens is 420 g/mol. The predicted molar refractivity (Wildman–Crippen MR) is 127 cm³/mol. The fourth-order valence-electron chi connectivity index (χ4n) is 3.63. The molecule has 2 aromatic carbocycles. The molecule has 7 nitrogen and oxygen atoms in total. The first-order valence-electron chi connectivity index (χ1n) is 11.1. The summed E-state index contributed by atoms with van der Waals surface area (Å²) < 4.78 is 5.19. The molecule has 0 saturated heterocycles. The molecule has 0 radical (unpaired) electrons. The van der Waals surface area contributed by atoms with E-state index in [1.807, 2.05) is 48.5 Å². The quantitative estimate of drug-likeness (QED) is 0.327. The Bertz CT molecular complexity index is 860. The van der Waals surface area contributed by atoms with Gasteiger partial charge in [-0.3, -0.25) is 9.59 Å². The lowest BCUT2D eigenvalue weighted by Gasteiger charge is -2.26. The monoisotopic (exact) mass is 454 g/mol. The Morgan fingerprint density at radius 2 is 1.70 bits per heavy atom. The smallest absolute Gasteiger partial charge is 0.224 e. The van der Waals surface area contributed by atoms with Gasteiger partial charge in [-0.05, 0) is 24.0 Å². The van der Waals surface area contributed by atoms with Gasteiger partial charge in [-0.25, -0.2) is 0 Å². The third-order valence-corrected chi connectivity index (χ3v) is 5.36. The van der Waals surface area contributed by atoms with Crippen molar-refractivity contribution in [3.63, 3.8) is 0 Å². The maximum Gasteiger partial charge on any atom is 0.224 e. The predicted octanol–water partition coefficient (Wildman–Crippen LogP) is 2.15. The fourth-order valence-corrected chi connectivity index (χ4v) is 3.63. The normalized spacial score (nSPS) is 14.5. The van der Waals surface area contributed by atoms with Crippen LogP contribution >= 0.6 is 0 Å². The first-order chi connectivity index (χ1) is 16.0. The molecule has 2 rings (SSSR count).